The molecule has 2 atom stereocenters. The summed E-state index contributed by atoms with van der Waals surface area (Å²) >= 11 is 0. The van der Waals surface area contributed by atoms with Gasteiger partial charge in [-0.15, -0.1) is 0 Å². The lowest BCUT2D eigenvalue weighted by Crippen LogP contribution is -2.31. The Morgan fingerprint density at radius 2 is 2.19 bits per heavy atom. The Kier molecular flexibility index (Phi) is 2.24. The molecule has 0 bridgehead atoms. The SMILES string of the molecule is Bc1cc(C(=O)N2CC3CNCC3C2)on1. The smallest absolute Gasteiger partial charge is 0.292 e. The summed E-state index contributed by atoms with van der Waals surface area (Å²) in [4.78, 5) is 13.9. The van der Waals surface area contributed by atoms with Gasteiger partial charge in [-0.2, -0.15) is 0 Å². The first-order valence-electron chi connectivity index (χ1n) is 5.67. The Balaban J connectivity index is 1.73. The van der Waals surface area contributed by atoms with E-state index in [1.165, 1.54) is 0 Å². The maximum atomic E-state index is 12.1. The molecule has 6 heteroatoms. The van der Waals surface area contributed by atoms with E-state index in [0.717, 1.165) is 31.8 Å². The van der Waals surface area contributed by atoms with E-state index in [1.807, 2.05) is 12.7 Å². The molecule has 84 valence electrons. The zero-order valence-electron chi connectivity index (χ0n) is 9.27. The molecule has 1 amide bonds. The fourth-order valence-electron chi connectivity index (χ4n) is 2.64. The Morgan fingerprint density at radius 1 is 1.50 bits per heavy atom. The third-order valence-corrected chi connectivity index (χ3v) is 3.52. The Labute approximate surface area is 94.6 Å². The number of fused-ring (bicyclic) bond motifs is 1. The van der Waals surface area contributed by atoms with Crippen molar-refractivity contribution in [3.05, 3.63) is 11.8 Å². The molecular formula is C10H14BN3O2. The van der Waals surface area contributed by atoms with Crippen molar-refractivity contribution in [1.29, 1.82) is 0 Å². The number of hydrogen-bond donors (Lipinski definition) is 1. The third kappa shape index (κ3) is 1.53. The van der Waals surface area contributed by atoms with E-state index in [1.54, 1.807) is 6.07 Å². The van der Waals surface area contributed by atoms with Crippen molar-refractivity contribution in [3.8, 4) is 0 Å². The molecule has 0 aromatic carbocycles. The van der Waals surface area contributed by atoms with Gasteiger partial charge < -0.3 is 14.7 Å². The average molecular weight is 219 g/mol. The van der Waals surface area contributed by atoms with E-state index in [9.17, 15) is 4.79 Å². The Hall–Kier alpha value is -1.30. The van der Waals surface area contributed by atoms with Gasteiger partial charge in [0.15, 0.2) is 7.85 Å². The van der Waals surface area contributed by atoms with Crippen LogP contribution >= 0.6 is 0 Å². The van der Waals surface area contributed by atoms with Crippen LogP contribution in [-0.2, 0) is 0 Å². The second-order valence-corrected chi connectivity index (χ2v) is 4.72. The Morgan fingerprint density at radius 3 is 2.75 bits per heavy atom. The van der Waals surface area contributed by atoms with Crippen molar-refractivity contribution < 1.29 is 9.32 Å². The first-order chi connectivity index (χ1) is 7.74. The molecule has 2 saturated heterocycles. The van der Waals surface area contributed by atoms with E-state index in [2.05, 4.69) is 10.5 Å². The van der Waals surface area contributed by atoms with Gasteiger partial charge in [-0.25, -0.2) is 0 Å². The predicted molar refractivity (Wildman–Crippen MR) is 60.4 cm³/mol. The number of likely N-dealkylation sites (tertiary alicyclic amines) is 1. The van der Waals surface area contributed by atoms with Gasteiger partial charge in [-0.3, -0.25) is 4.79 Å². The molecule has 1 aromatic heterocycles. The zero-order valence-corrected chi connectivity index (χ0v) is 9.27. The summed E-state index contributed by atoms with van der Waals surface area (Å²) in [6, 6.07) is 1.70. The average Bonchev–Trinajstić information content (AvgIpc) is 2.89. The predicted octanol–water partition coefficient (Wildman–Crippen LogP) is -1.78. The molecule has 1 N–H and O–H groups in total. The van der Waals surface area contributed by atoms with Crippen LogP contribution in [-0.4, -0.2) is 50.0 Å². The van der Waals surface area contributed by atoms with E-state index in [0.29, 0.717) is 17.6 Å². The third-order valence-electron chi connectivity index (χ3n) is 3.52. The molecule has 0 radical (unpaired) electrons. The van der Waals surface area contributed by atoms with Crippen LogP contribution in [0.3, 0.4) is 0 Å². The van der Waals surface area contributed by atoms with Gasteiger partial charge in [-0.1, -0.05) is 5.16 Å². The fourth-order valence-corrected chi connectivity index (χ4v) is 2.64. The van der Waals surface area contributed by atoms with Crippen LogP contribution in [0.1, 0.15) is 10.6 Å². The normalized spacial score (nSPS) is 28.4. The summed E-state index contributed by atoms with van der Waals surface area (Å²) in [5.74, 6) is 1.58. The highest BCUT2D eigenvalue weighted by atomic mass is 16.5. The minimum Gasteiger partial charge on any atom is -0.352 e. The topological polar surface area (TPSA) is 58.4 Å². The minimum atomic E-state index is -0.0185. The second-order valence-electron chi connectivity index (χ2n) is 4.72. The highest BCUT2D eigenvalue weighted by Crippen LogP contribution is 2.27. The number of nitrogens with zero attached hydrogens (tertiary/aromatic N) is 2. The minimum absolute atomic E-state index is 0.0185. The van der Waals surface area contributed by atoms with Crippen LogP contribution < -0.4 is 10.9 Å². The van der Waals surface area contributed by atoms with Crippen molar-refractivity contribution in [3.63, 3.8) is 0 Å². The van der Waals surface area contributed by atoms with Crippen LogP contribution in [0, 0.1) is 11.8 Å². The highest BCUT2D eigenvalue weighted by Gasteiger charge is 2.39. The number of carbonyl (C=O) groups excluding carboxylic acids is 1. The van der Waals surface area contributed by atoms with Crippen molar-refractivity contribution in [2.75, 3.05) is 26.2 Å². The molecule has 3 heterocycles. The lowest BCUT2D eigenvalue weighted by Gasteiger charge is -2.15. The van der Waals surface area contributed by atoms with Crippen LogP contribution in [0.2, 0.25) is 0 Å². The molecule has 2 aliphatic rings. The lowest BCUT2D eigenvalue weighted by atomic mass is 10.0. The molecule has 2 unspecified atom stereocenters. The lowest BCUT2D eigenvalue weighted by molar-refractivity contribution is 0.0740. The molecule has 0 aliphatic carbocycles. The molecule has 2 fully saturated rings. The van der Waals surface area contributed by atoms with Crippen LogP contribution in [0.25, 0.3) is 0 Å². The van der Waals surface area contributed by atoms with Crippen LogP contribution in [0.4, 0.5) is 0 Å². The molecule has 3 rings (SSSR count). The zero-order chi connectivity index (χ0) is 11.1. The number of amides is 1. The Bertz CT molecular complexity index is 408. The molecule has 2 aliphatic heterocycles. The number of aromatic nitrogens is 1. The monoisotopic (exact) mass is 219 g/mol. The first kappa shape index (κ1) is 9.90. The van der Waals surface area contributed by atoms with E-state index >= 15 is 0 Å². The van der Waals surface area contributed by atoms with E-state index in [4.69, 9.17) is 4.52 Å². The summed E-state index contributed by atoms with van der Waals surface area (Å²) in [5.41, 5.74) is 0.754. The number of carbonyl (C=O) groups is 1. The van der Waals surface area contributed by atoms with Crippen molar-refractivity contribution in [1.82, 2.24) is 15.4 Å². The first-order valence-corrected chi connectivity index (χ1v) is 5.67. The van der Waals surface area contributed by atoms with Gasteiger partial charge in [0, 0.05) is 37.8 Å². The quantitative estimate of drug-likeness (QED) is 0.567. The molecule has 1 aromatic rings. The number of rotatable bonds is 1. The van der Waals surface area contributed by atoms with Gasteiger partial charge in [-0.05, 0) is 11.8 Å². The van der Waals surface area contributed by atoms with Gasteiger partial charge in [0.05, 0.1) is 0 Å². The van der Waals surface area contributed by atoms with Crippen LogP contribution in [0.15, 0.2) is 10.6 Å². The highest BCUT2D eigenvalue weighted by molar-refractivity contribution is 6.30. The largest absolute Gasteiger partial charge is 0.352 e. The van der Waals surface area contributed by atoms with Gasteiger partial charge >= 0.3 is 0 Å². The standard InChI is InChI=1S/C10H14BN3O2/c11-9-1-8(16-13-9)10(15)14-4-6-2-12-3-7(6)5-14/h1,6-7,12H,2-5,11H2. The summed E-state index contributed by atoms with van der Waals surface area (Å²) < 4.78 is 5.00. The summed E-state index contributed by atoms with van der Waals surface area (Å²) in [6.45, 7) is 3.75. The maximum Gasteiger partial charge on any atom is 0.292 e. The fraction of sp³-hybridized carbons (Fsp3) is 0.600. The number of hydrogen-bond acceptors (Lipinski definition) is 4. The van der Waals surface area contributed by atoms with Crippen LogP contribution in [0.5, 0.6) is 0 Å². The van der Waals surface area contributed by atoms with Gasteiger partial charge in [0.1, 0.15) is 0 Å². The van der Waals surface area contributed by atoms with Gasteiger partial charge in [0.2, 0.25) is 5.76 Å². The maximum absolute atomic E-state index is 12.1. The summed E-state index contributed by atoms with van der Waals surface area (Å²) in [6.07, 6.45) is 0. The number of nitrogens with one attached hydrogen (secondary N) is 1. The molecule has 16 heavy (non-hydrogen) atoms. The van der Waals surface area contributed by atoms with E-state index < -0.39 is 0 Å². The summed E-state index contributed by atoms with van der Waals surface area (Å²) in [5, 5.41) is 7.10. The molecule has 0 spiro atoms. The molecule has 5 nitrogen and oxygen atoms in total. The van der Waals surface area contributed by atoms with Crippen molar-refractivity contribution in [2.45, 2.75) is 0 Å². The van der Waals surface area contributed by atoms with E-state index in [-0.39, 0.29) is 5.91 Å². The van der Waals surface area contributed by atoms with Crippen molar-refractivity contribution in [2.24, 2.45) is 11.8 Å². The molecular weight excluding hydrogens is 205 g/mol. The second kappa shape index (κ2) is 3.62. The van der Waals surface area contributed by atoms with Crippen molar-refractivity contribution >= 4 is 19.3 Å². The summed E-state index contributed by atoms with van der Waals surface area (Å²) in [7, 11) is 1.82. The van der Waals surface area contributed by atoms with Gasteiger partial charge in [0.25, 0.3) is 5.91 Å². The molecule has 0 saturated carbocycles.